The second-order valence-electron chi connectivity index (χ2n) is 12.8. The van der Waals surface area contributed by atoms with E-state index in [1.165, 1.54) is 38.5 Å². The Hall–Kier alpha value is -2.86. The van der Waals surface area contributed by atoms with Crippen LogP contribution in [0.2, 0.25) is 0 Å². The van der Waals surface area contributed by atoms with Crippen LogP contribution in [0.3, 0.4) is 0 Å². The summed E-state index contributed by atoms with van der Waals surface area (Å²) in [5, 5.41) is 39.9. The maximum Gasteiger partial charge on any atom is 0.306 e. The molecule has 0 spiro atoms. The van der Waals surface area contributed by atoms with E-state index >= 15 is 0 Å². The lowest BCUT2D eigenvalue weighted by atomic mass is 9.99. The molecule has 0 saturated carbocycles. The second kappa shape index (κ2) is 31.8. The zero-order valence-electron chi connectivity index (χ0n) is 31.1. The van der Waals surface area contributed by atoms with Gasteiger partial charge in [0.25, 0.3) is 0 Å². The van der Waals surface area contributed by atoms with Crippen LogP contribution in [0.15, 0.2) is 72.9 Å². The van der Waals surface area contributed by atoms with Crippen LogP contribution in [0.4, 0.5) is 0 Å². The molecule has 0 bridgehead atoms. The average Bonchev–Trinajstić information content (AvgIpc) is 3.13. The van der Waals surface area contributed by atoms with Crippen molar-refractivity contribution >= 4 is 11.9 Å². The molecule has 51 heavy (non-hydrogen) atoms. The van der Waals surface area contributed by atoms with Crippen LogP contribution in [0.5, 0.6) is 0 Å². The fourth-order valence-corrected chi connectivity index (χ4v) is 5.15. The Morgan fingerprint density at radius 3 is 1.84 bits per heavy atom. The third-order valence-electron chi connectivity index (χ3n) is 8.20. The monoisotopic (exact) mass is 718 g/mol. The van der Waals surface area contributed by atoms with Crippen LogP contribution >= 0.6 is 0 Å². The van der Waals surface area contributed by atoms with Crippen LogP contribution in [-0.2, 0) is 28.5 Å². The number of carbonyl (C=O) groups is 2. The summed E-state index contributed by atoms with van der Waals surface area (Å²) in [6.45, 7) is 3.14. The first-order chi connectivity index (χ1) is 24.8. The van der Waals surface area contributed by atoms with E-state index in [4.69, 9.17) is 18.9 Å². The Labute approximate surface area is 306 Å². The minimum Gasteiger partial charge on any atom is -0.462 e. The molecule has 0 aromatic carbocycles. The van der Waals surface area contributed by atoms with Gasteiger partial charge in [0.1, 0.15) is 31.0 Å². The molecule has 10 nitrogen and oxygen atoms in total. The molecule has 10 heteroatoms. The van der Waals surface area contributed by atoms with Crippen LogP contribution in [0.25, 0.3) is 0 Å². The lowest BCUT2D eigenvalue weighted by Gasteiger charge is -2.39. The summed E-state index contributed by atoms with van der Waals surface area (Å²) in [5.74, 6) is -0.923. The molecule has 4 N–H and O–H groups in total. The molecule has 0 radical (unpaired) electrons. The Bertz CT molecular complexity index is 1060. The standard InChI is InChI=1S/C41H66O10/c1-3-5-7-9-11-13-15-17-19-21-23-25-27-29-36(43)48-32-34(33-49-41-40(47)39(46)38(45)35(31-42)51-41)50-37(44)30-28-26-24-22-20-18-16-14-12-10-8-6-4-2/h6,8,10,12,14,16-20,22,24,34-35,38-42,45-47H,3-5,7,9,11,13,15,21,23,25-33H2,1-2H3/b8-6+,12-10+,16-14+,19-17+,20-18+,24-22+/t34?,35-,38+,39?,40?,41-/m0/s1. The van der Waals surface area contributed by atoms with Gasteiger partial charge in [-0.3, -0.25) is 9.59 Å². The molecule has 1 aliphatic heterocycles. The van der Waals surface area contributed by atoms with Gasteiger partial charge < -0.3 is 39.4 Å². The number of unbranched alkanes of at least 4 members (excludes halogenated alkanes) is 10. The Morgan fingerprint density at radius 1 is 0.627 bits per heavy atom. The maximum absolute atomic E-state index is 12.6. The van der Waals surface area contributed by atoms with Crippen molar-refractivity contribution in [2.75, 3.05) is 19.8 Å². The fourth-order valence-electron chi connectivity index (χ4n) is 5.15. The number of carbonyl (C=O) groups excluding carboxylic acids is 2. The van der Waals surface area contributed by atoms with Crippen molar-refractivity contribution in [2.24, 2.45) is 0 Å². The van der Waals surface area contributed by atoms with Crippen molar-refractivity contribution < 1.29 is 49.0 Å². The summed E-state index contributed by atoms with van der Waals surface area (Å²) >= 11 is 0. The quantitative estimate of drug-likeness (QED) is 0.0279. The van der Waals surface area contributed by atoms with Crippen molar-refractivity contribution in [3.8, 4) is 0 Å². The lowest BCUT2D eigenvalue weighted by Crippen LogP contribution is -2.59. The summed E-state index contributed by atoms with van der Waals surface area (Å²) in [4.78, 5) is 25.1. The van der Waals surface area contributed by atoms with E-state index in [0.29, 0.717) is 19.3 Å². The third kappa shape index (κ3) is 24.1. The highest BCUT2D eigenvalue weighted by Crippen LogP contribution is 2.22. The second-order valence-corrected chi connectivity index (χ2v) is 12.8. The van der Waals surface area contributed by atoms with E-state index in [-0.39, 0.29) is 26.1 Å². The number of hydrogen-bond donors (Lipinski definition) is 4. The van der Waals surface area contributed by atoms with E-state index in [1.807, 2.05) is 54.7 Å². The number of allylic oxidation sites excluding steroid dienone is 12. The molecule has 0 aliphatic carbocycles. The van der Waals surface area contributed by atoms with Crippen molar-refractivity contribution in [2.45, 2.75) is 153 Å². The smallest absolute Gasteiger partial charge is 0.306 e. The minimum absolute atomic E-state index is 0.127. The van der Waals surface area contributed by atoms with Crippen molar-refractivity contribution in [1.82, 2.24) is 0 Å². The summed E-state index contributed by atoms with van der Waals surface area (Å²) in [6, 6.07) is 0. The molecule has 1 fully saturated rings. The van der Waals surface area contributed by atoms with Gasteiger partial charge in [0.05, 0.1) is 13.2 Å². The van der Waals surface area contributed by atoms with Crippen LogP contribution in [0.1, 0.15) is 117 Å². The number of aliphatic hydroxyl groups is 4. The van der Waals surface area contributed by atoms with Crippen LogP contribution in [-0.4, -0.2) is 89.0 Å². The SMILES string of the molecule is CC/C=C/C=C/C=C/C=C/C=C/CCCC(=O)OC(COC(=O)CCCCC/C=C/CCCCCCCC)CO[C@H]1O[C@@H](CO)[C@@H](O)C(O)C1O. The van der Waals surface area contributed by atoms with Gasteiger partial charge in [-0.15, -0.1) is 0 Å². The molecule has 0 amide bonds. The average molecular weight is 719 g/mol. The number of esters is 2. The highest BCUT2D eigenvalue weighted by molar-refractivity contribution is 5.70. The molecule has 0 aromatic rings. The topological polar surface area (TPSA) is 152 Å². The molecular weight excluding hydrogens is 652 g/mol. The summed E-state index contributed by atoms with van der Waals surface area (Å²) < 4.78 is 21.9. The molecule has 1 rings (SSSR count). The highest BCUT2D eigenvalue weighted by atomic mass is 16.7. The lowest BCUT2D eigenvalue weighted by molar-refractivity contribution is -0.305. The van der Waals surface area contributed by atoms with Crippen molar-refractivity contribution in [3.63, 3.8) is 0 Å². The normalized spacial score (nSPS) is 22.0. The molecule has 1 aliphatic rings. The number of ether oxygens (including phenoxy) is 4. The number of rotatable bonds is 29. The molecule has 290 valence electrons. The molecule has 0 aromatic heterocycles. The Balaban J connectivity index is 2.49. The minimum atomic E-state index is -1.61. The largest absolute Gasteiger partial charge is 0.462 e. The van der Waals surface area contributed by atoms with Gasteiger partial charge >= 0.3 is 11.9 Å². The number of aliphatic hydroxyl groups excluding tert-OH is 4. The van der Waals surface area contributed by atoms with Gasteiger partial charge in [-0.2, -0.15) is 0 Å². The van der Waals surface area contributed by atoms with E-state index in [9.17, 15) is 30.0 Å². The predicted octanol–water partition coefficient (Wildman–Crippen LogP) is 6.88. The molecule has 1 saturated heterocycles. The van der Waals surface area contributed by atoms with Gasteiger partial charge in [0.15, 0.2) is 12.4 Å². The van der Waals surface area contributed by atoms with E-state index in [2.05, 4.69) is 32.1 Å². The van der Waals surface area contributed by atoms with E-state index in [1.54, 1.807) is 0 Å². The summed E-state index contributed by atoms with van der Waals surface area (Å²) in [7, 11) is 0. The van der Waals surface area contributed by atoms with Gasteiger partial charge in [-0.1, -0.05) is 125 Å². The van der Waals surface area contributed by atoms with Gasteiger partial charge in [-0.05, 0) is 51.4 Å². The van der Waals surface area contributed by atoms with Crippen molar-refractivity contribution in [3.05, 3.63) is 72.9 Å². The Morgan fingerprint density at radius 2 is 1.20 bits per heavy atom. The third-order valence-corrected chi connectivity index (χ3v) is 8.20. The number of hydrogen-bond acceptors (Lipinski definition) is 10. The van der Waals surface area contributed by atoms with Crippen LogP contribution < -0.4 is 0 Å². The first kappa shape index (κ1) is 46.2. The van der Waals surface area contributed by atoms with Crippen LogP contribution in [0, 0.1) is 0 Å². The van der Waals surface area contributed by atoms with Gasteiger partial charge in [0.2, 0.25) is 0 Å². The zero-order valence-corrected chi connectivity index (χ0v) is 31.1. The predicted molar refractivity (Wildman–Crippen MR) is 201 cm³/mol. The first-order valence-corrected chi connectivity index (χ1v) is 19.1. The van der Waals surface area contributed by atoms with E-state index in [0.717, 1.165) is 32.1 Å². The summed E-state index contributed by atoms with van der Waals surface area (Å²) in [5.41, 5.74) is 0. The van der Waals surface area contributed by atoms with E-state index < -0.39 is 55.4 Å². The Kier molecular flexibility index (Phi) is 28.8. The maximum atomic E-state index is 12.6. The highest BCUT2D eigenvalue weighted by Gasteiger charge is 2.44. The van der Waals surface area contributed by atoms with Crippen molar-refractivity contribution in [1.29, 1.82) is 0 Å². The fraction of sp³-hybridized carbons (Fsp3) is 0.659. The molecule has 6 atom stereocenters. The summed E-state index contributed by atoms with van der Waals surface area (Å²) in [6.07, 6.45) is 30.7. The zero-order chi connectivity index (χ0) is 37.4. The molecular formula is C41H66O10. The van der Waals surface area contributed by atoms with Gasteiger partial charge in [-0.25, -0.2) is 0 Å². The molecule has 3 unspecified atom stereocenters. The first-order valence-electron chi connectivity index (χ1n) is 19.1. The van der Waals surface area contributed by atoms with Gasteiger partial charge in [0, 0.05) is 12.8 Å². The molecule has 1 heterocycles.